The Labute approximate surface area is 107 Å². The first-order valence-electron chi connectivity index (χ1n) is 6.34. The molecule has 1 aliphatic rings. The fourth-order valence-corrected chi connectivity index (χ4v) is 2.29. The average Bonchev–Trinajstić information content (AvgIpc) is 2.39. The first kappa shape index (κ1) is 13.5. The lowest BCUT2D eigenvalue weighted by atomic mass is 9.90. The van der Waals surface area contributed by atoms with Gasteiger partial charge in [-0.05, 0) is 43.0 Å². The van der Waals surface area contributed by atoms with Gasteiger partial charge in [-0.15, -0.1) is 0 Å². The van der Waals surface area contributed by atoms with E-state index in [4.69, 9.17) is 4.74 Å². The van der Waals surface area contributed by atoms with E-state index in [1.807, 2.05) is 6.92 Å². The van der Waals surface area contributed by atoms with Crippen LogP contribution in [0.4, 0.5) is 4.39 Å². The number of aliphatic hydroxyl groups excluding tert-OH is 1. The first-order valence-corrected chi connectivity index (χ1v) is 6.34. The van der Waals surface area contributed by atoms with Crippen LogP contribution >= 0.6 is 0 Å². The van der Waals surface area contributed by atoms with Crippen LogP contribution in [0.3, 0.4) is 0 Å². The van der Waals surface area contributed by atoms with Crippen molar-refractivity contribution in [2.24, 2.45) is 0 Å². The maximum Gasteiger partial charge on any atom is 0.123 e. The molecule has 1 aliphatic heterocycles. The van der Waals surface area contributed by atoms with Gasteiger partial charge in [-0.2, -0.15) is 0 Å². The van der Waals surface area contributed by atoms with Crippen molar-refractivity contribution in [3.63, 3.8) is 0 Å². The third-order valence-corrected chi connectivity index (χ3v) is 3.71. The summed E-state index contributed by atoms with van der Waals surface area (Å²) >= 11 is 0. The van der Waals surface area contributed by atoms with E-state index in [1.165, 1.54) is 12.1 Å². The van der Waals surface area contributed by atoms with Gasteiger partial charge in [-0.3, -0.25) is 0 Å². The largest absolute Gasteiger partial charge is 0.394 e. The standard InChI is InChI=1S/C14H20FNO2/c1-11-8-13(15)3-2-12(11)9-16-14(10-17)4-6-18-7-5-14/h2-3,8,16-17H,4-7,9-10H2,1H3. The Kier molecular flexibility index (Phi) is 4.32. The molecule has 4 heteroatoms. The molecule has 2 rings (SSSR count). The Morgan fingerprint density at radius 2 is 2.11 bits per heavy atom. The number of aryl methyl sites for hydroxylation is 1. The smallest absolute Gasteiger partial charge is 0.123 e. The molecule has 1 saturated heterocycles. The van der Waals surface area contributed by atoms with Crippen molar-refractivity contribution in [3.05, 3.63) is 35.1 Å². The Morgan fingerprint density at radius 1 is 1.39 bits per heavy atom. The lowest BCUT2D eigenvalue weighted by molar-refractivity contribution is 0.0111. The summed E-state index contributed by atoms with van der Waals surface area (Å²) in [4.78, 5) is 0. The van der Waals surface area contributed by atoms with Crippen molar-refractivity contribution in [1.29, 1.82) is 0 Å². The summed E-state index contributed by atoms with van der Waals surface area (Å²) in [5.74, 6) is -0.209. The maximum absolute atomic E-state index is 13.0. The minimum absolute atomic E-state index is 0.108. The molecule has 100 valence electrons. The molecule has 0 atom stereocenters. The van der Waals surface area contributed by atoms with Crippen molar-refractivity contribution in [2.75, 3.05) is 19.8 Å². The Hall–Kier alpha value is -0.970. The fourth-order valence-electron chi connectivity index (χ4n) is 2.29. The second-order valence-corrected chi connectivity index (χ2v) is 4.98. The summed E-state index contributed by atoms with van der Waals surface area (Å²) in [6.07, 6.45) is 1.62. The van der Waals surface area contributed by atoms with E-state index in [0.717, 1.165) is 24.0 Å². The molecule has 0 saturated carbocycles. The molecule has 0 spiro atoms. The molecule has 1 aromatic carbocycles. The molecule has 0 bridgehead atoms. The van der Waals surface area contributed by atoms with Gasteiger partial charge in [-0.25, -0.2) is 4.39 Å². The van der Waals surface area contributed by atoms with Crippen LogP contribution in [-0.2, 0) is 11.3 Å². The number of halogens is 1. The third kappa shape index (κ3) is 3.07. The van der Waals surface area contributed by atoms with E-state index in [1.54, 1.807) is 6.07 Å². The van der Waals surface area contributed by atoms with Crippen LogP contribution < -0.4 is 5.32 Å². The predicted octanol–water partition coefficient (Wildman–Crippen LogP) is 1.77. The summed E-state index contributed by atoms with van der Waals surface area (Å²) in [7, 11) is 0. The Bertz CT molecular complexity index is 403. The quantitative estimate of drug-likeness (QED) is 0.859. The van der Waals surface area contributed by atoms with Gasteiger partial charge in [0, 0.05) is 25.3 Å². The van der Waals surface area contributed by atoms with Crippen molar-refractivity contribution in [2.45, 2.75) is 31.8 Å². The molecule has 0 aromatic heterocycles. The summed E-state index contributed by atoms with van der Waals surface area (Å²) < 4.78 is 18.3. The maximum atomic E-state index is 13.0. The highest BCUT2D eigenvalue weighted by Gasteiger charge is 2.31. The molecule has 1 fully saturated rings. The van der Waals surface area contributed by atoms with Crippen LogP contribution in [0.25, 0.3) is 0 Å². The highest BCUT2D eigenvalue weighted by molar-refractivity contribution is 5.26. The van der Waals surface area contributed by atoms with Gasteiger partial charge in [0.05, 0.1) is 6.61 Å². The topological polar surface area (TPSA) is 41.5 Å². The van der Waals surface area contributed by atoms with Crippen molar-refractivity contribution >= 4 is 0 Å². The molecule has 1 aromatic rings. The van der Waals surface area contributed by atoms with Gasteiger partial charge in [0.15, 0.2) is 0 Å². The van der Waals surface area contributed by atoms with Gasteiger partial charge in [0.25, 0.3) is 0 Å². The summed E-state index contributed by atoms with van der Waals surface area (Å²) in [5, 5.41) is 13.0. The Morgan fingerprint density at radius 3 is 2.72 bits per heavy atom. The van der Waals surface area contributed by atoms with Gasteiger partial charge in [0.2, 0.25) is 0 Å². The van der Waals surface area contributed by atoms with E-state index in [0.29, 0.717) is 19.8 Å². The Balaban J connectivity index is 2.01. The molecular formula is C14H20FNO2. The lowest BCUT2D eigenvalue weighted by Crippen LogP contribution is -2.51. The van der Waals surface area contributed by atoms with Gasteiger partial charge in [-0.1, -0.05) is 6.07 Å². The minimum atomic E-state index is -0.251. The van der Waals surface area contributed by atoms with Gasteiger partial charge in [0.1, 0.15) is 5.82 Å². The van der Waals surface area contributed by atoms with Crippen LogP contribution in [0.15, 0.2) is 18.2 Å². The zero-order valence-electron chi connectivity index (χ0n) is 10.7. The third-order valence-electron chi connectivity index (χ3n) is 3.71. The average molecular weight is 253 g/mol. The molecule has 1 heterocycles. The highest BCUT2D eigenvalue weighted by atomic mass is 19.1. The zero-order chi connectivity index (χ0) is 13.0. The number of benzene rings is 1. The first-order chi connectivity index (χ1) is 8.65. The highest BCUT2D eigenvalue weighted by Crippen LogP contribution is 2.21. The van der Waals surface area contributed by atoms with Gasteiger partial charge < -0.3 is 15.2 Å². The minimum Gasteiger partial charge on any atom is -0.394 e. The van der Waals surface area contributed by atoms with E-state index < -0.39 is 0 Å². The predicted molar refractivity (Wildman–Crippen MR) is 67.8 cm³/mol. The summed E-state index contributed by atoms with van der Waals surface area (Å²) in [6, 6.07) is 4.80. The zero-order valence-corrected chi connectivity index (χ0v) is 10.7. The van der Waals surface area contributed by atoms with Crippen molar-refractivity contribution in [3.8, 4) is 0 Å². The van der Waals surface area contributed by atoms with Crippen LogP contribution in [-0.4, -0.2) is 30.5 Å². The monoisotopic (exact) mass is 253 g/mol. The number of rotatable bonds is 4. The van der Waals surface area contributed by atoms with E-state index >= 15 is 0 Å². The summed E-state index contributed by atoms with van der Waals surface area (Å²) in [6.45, 7) is 4.00. The number of nitrogens with one attached hydrogen (secondary N) is 1. The molecule has 3 nitrogen and oxygen atoms in total. The van der Waals surface area contributed by atoms with Crippen LogP contribution in [0, 0.1) is 12.7 Å². The number of ether oxygens (including phenoxy) is 1. The lowest BCUT2D eigenvalue weighted by Gasteiger charge is -2.36. The van der Waals surface area contributed by atoms with Crippen molar-refractivity contribution in [1.82, 2.24) is 5.32 Å². The molecule has 18 heavy (non-hydrogen) atoms. The molecule has 0 radical (unpaired) electrons. The number of hydrogen-bond acceptors (Lipinski definition) is 3. The van der Waals surface area contributed by atoms with E-state index in [-0.39, 0.29) is 18.0 Å². The molecule has 0 amide bonds. The molecule has 2 N–H and O–H groups in total. The van der Waals surface area contributed by atoms with Crippen LogP contribution in [0.5, 0.6) is 0 Å². The number of hydrogen-bond donors (Lipinski definition) is 2. The van der Waals surface area contributed by atoms with E-state index in [9.17, 15) is 9.50 Å². The molecule has 0 aliphatic carbocycles. The fraction of sp³-hybridized carbons (Fsp3) is 0.571. The SMILES string of the molecule is Cc1cc(F)ccc1CNC1(CO)CCOCC1. The molecular weight excluding hydrogens is 233 g/mol. The second-order valence-electron chi connectivity index (χ2n) is 4.98. The van der Waals surface area contributed by atoms with Crippen molar-refractivity contribution < 1.29 is 14.2 Å². The second kappa shape index (κ2) is 5.78. The van der Waals surface area contributed by atoms with Crippen LogP contribution in [0.1, 0.15) is 24.0 Å². The number of aliphatic hydroxyl groups is 1. The molecule has 0 unspecified atom stereocenters. The van der Waals surface area contributed by atoms with Crippen LogP contribution in [0.2, 0.25) is 0 Å². The van der Waals surface area contributed by atoms with Gasteiger partial charge >= 0.3 is 0 Å². The summed E-state index contributed by atoms with van der Waals surface area (Å²) in [5.41, 5.74) is 1.75. The van der Waals surface area contributed by atoms with E-state index in [2.05, 4.69) is 5.32 Å². The normalized spacial score (nSPS) is 18.8.